The second kappa shape index (κ2) is 10.6. The average Bonchev–Trinajstić information content (AvgIpc) is 3.05. The second-order valence-corrected chi connectivity index (χ2v) is 10.1. The van der Waals surface area contributed by atoms with E-state index in [2.05, 4.69) is 108 Å². The minimum Gasteiger partial charge on any atom is -0.265 e. The summed E-state index contributed by atoms with van der Waals surface area (Å²) in [5.41, 5.74) is 11.6. The van der Waals surface area contributed by atoms with E-state index in [0.29, 0.717) is 5.82 Å². The molecule has 0 bridgehead atoms. The van der Waals surface area contributed by atoms with Crippen LogP contribution in [0.15, 0.2) is 140 Å². The van der Waals surface area contributed by atoms with E-state index in [1.165, 1.54) is 11.1 Å². The normalized spacial score (nSPS) is 11.0. The van der Waals surface area contributed by atoms with Crippen LogP contribution in [0.2, 0.25) is 0 Å². The van der Waals surface area contributed by atoms with Crippen LogP contribution < -0.4 is 0 Å². The van der Waals surface area contributed by atoms with Gasteiger partial charge in [0, 0.05) is 46.9 Å². The molecular weight excluding hydrogens is 500 g/mol. The molecule has 4 aromatic carbocycles. The Morgan fingerprint density at radius 2 is 1.17 bits per heavy atom. The van der Waals surface area contributed by atoms with E-state index in [1.54, 1.807) is 6.20 Å². The average molecular weight is 527 g/mol. The molecule has 0 radical (unpaired) electrons. The fourth-order valence-corrected chi connectivity index (χ4v) is 5.25. The van der Waals surface area contributed by atoms with Crippen molar-refractivity contribution in [1.82, 2.24) is 19.9 Å². The topological polar surface area (TPSA) is 51.6 Å². The van der Waals surface area contributed by atoms with Gasteiger partial charge in [0.05, 0.1) is 11.2 Å². The van der Waals surface area contributed by atoms with Crippen molar-refractivity contribution in [2.75, 3.05) is 0 Å². The van der Waals surface area contributed by atoms with E-state index in [9.17, 15) is 0 Å². The van der Waals surface area contributed by atoms with Crippen LogP contribution in [-0.4, -0.2) is 19.9 Å². The number of fused-ring (bicyclic) bond motifs is 1. The van der Waals surface area contributed by atoms with E-state index >= 15 is 0 Å². The lowest BCUT2D eigenvalue weighted by atomic mass is 9.96. The monoisotopic (exact) mass is 526 g/mol. The third-order valence-corrected chi connectivity index (χ3v) is 7.29. The maximum Gasteiger partial charge on any atom is 0.160 e. The summed E-state index contributed by atoms with van der Waals surface area (Å²) in [5, 5.41) is 1.02. The van der Waals surface area contributed by atoms with Gasteiger partial charge in [-0.05, 0) is 83.3 Å². The first-order valence-corrected chi connectivity index (χ1v) is 13.6. The van der Waals surface area contributed by atoms with Crippen LogP contribution >= 0.6 is 0 Å². The van der Waals surface area contributed by atoms with Crippen LogP contribution in [0.4, 0.5) is 0 Å². The van der Waals surface area contributed by atoms with E-state index in [-0.39, 0.29) is 0 Å². The van der Waals surface area contributed by atoms with Crippen molar-refractivity contribution in [2.24, 2.45) is 0 Å². The van der Waals surface area contributed by atoms with Gasteiger partial charge in [-0.1, -0.05) is 72.3 Å². The van der Waals surface area contributed by atoms with Crippen LogP contribution in [0, 0.1) is 6.92 Å². The zero-order valence-electron chi connectivity index (χ0n) is 22.6. The molecule has 0 aliphatic carbocycles. The molecule has 0 spiro atoms. The predicted molar refractivity (Wildman–Crippen MR) is 167 cm³/mol. The minimum atomic E-state index is 0.681. The molecule has 0 fully saturated rings. The molecule has 4 heteroatoms. The fraction of sp³-hybridized carbons (Fsp3) is 0.0270. The zero-order chi connectivity index (χ0) is 27.6. The third-order valence-electron chi connectivity index (χ3n) is 7.29. The summed E-state index contributed by atoms with van der Waals surface area (Å²) in [6.07, 6.45) is 7.31. The van der Waals surface area contributed by atoms with Crippen molar-refractivity contribution < 1.29 is 0 Å². The number of rotatable bonds is 5. The highest BCUT2D eigenvalue weighted by Gasteiger charge is 2.15. The standard InChI is InChI=1S/C37H26N4/c1-25-7-5-10-28(19-25)29-12-13-35-34(23-29)36(27-8-3-2-4-9-27)41-37(40-35)33-21-31(26-14-17-38-18-15-26)20-32(22-33)30-11-6-16-39-24-30/h2-24H,1H3. The van der Waals surface area contributed by atoms with E-state index in [1.807, 2.05) is 42.9 Å². The summed E-state index contributed by atoms with van der Waals surface area (Å²) in [6, 6.07) is 40.0. The quantitative estimate of drug-likeness (QED) is 0.224. The highest BCUT2D eigenvalue weighted by Crippen LogP contribution is 2.35. The fourth-order valence-electron chi connectivity index (χ4n) is 5.25. The van der Waals surface area contributed by atoms with Gasteiger partial charge in [0.25, 0.3) is 0 Å². The summed E-state index contributed by atoms with van der Waals surface area (Å²) < 4.78 is 0. The number of aryl methyl sites for hydroxylation is 1. The summed E-state index contributed by atoms with van der Waals surface area (Å²) in [4.78, 5) is 18.9. The molecule has 194 valence electrons. The molecule has 0 aliphatic heterocycles. The Balaban J connectivity index is 1.46. The van der Waals surface area contributed by atoms with Gasteiger partial charge in [-0.25, -0.2) is 9.97 Å². The zero-order valence-corrected chi connectivity index (χ0v) is 22.6. The number of hydrogen-bond acceptors (Lipinski definition) is 4. The Hall–Kier alpha value is -5.48. The van der Waals surface area contributed by atoms with Gasteiger partial charge in [-0.3, -0.25) is 9.97 Å². The first-order valence-electron chi connectivity index (χ1n) is 13.6. The van der Waals surface area contributed by atoms with Crippen molar-refractivity contribution >= 4 is 10.9 Å². The lowest BCUT2D eigenvalue weighted by Gasteiger charge is -2.13. The van der Waals surface area contributed by atoms with Gasteiger partial charge >= 0.3 is 0 Å². The molecule has 41 heavy (non-hydrogen) atoms. The molecular formula is C37H26N4. The molecule has 0 saturated carbocycles. The Labute approximate surface area is 239 Å². The molecule has 7 rings (SSSR count). The molecule has 3 aromatic heterocycles. The maximum atomic E-state index is 5.22. The Morgan fingerprint density at radius 3 is 1.95 bits per heavy atom. The van der Waals surface area contributed by atoms with Crippen LogP contribution in [0.5, 0.6) is 0 Å². The summed E-state index contributed by atoms with van der Waals surface area (Å²) in [6.45, 7) is 2.12. The van der Waals surface area contributed by atoms with Crippen LogP contribution in [-0.2, 0) is 0 Å². The van der Waals surface area contributed by atoms with Crippen molar-refractivity contribution in [1.29, 1.82) is 0 Å². The van der Waals surface area contributed by atoms with E-state index < -0.39 is 0 Å². The van der Waals surface area contributed by atoms with Gasteiger partial charge in [0.2, 0.25) is 0 Å². The largest absolute Gasteiger partial charge is 0.265 e. The lowest BCUT2D eigenvalue weighted by Crippen LogP contribution is -1.97. The molecule has 4 nitrogen and oxygen atoms in total. The molecule has 0 aliphatic rings. The van der Waals surface area contributed by atoms with Gasteiger partial charge in [0.1, 0.15) is 0 Å². The molecule has 0 atom stereocenters. The SMILES string of the molecule is Cc1cccc(-c2ccc3nc(-c4cc(-c5ccncc5)cc(-c5cccnc5)c4)nc(-c4ccccc4)c3c2)c1. The minimum absolute atomic E-state index is 0.681. The molecule has 0 saturated heterocycles. The Bertz CT molecular complexity index is 1930. The van der Waals surface area contributed by atoms with Crippen molar-refractivity contribution in [2.45, 2.75) is 6.92 Å². The number of nitrogens with zero attached hydrogens (tertiary/aromatic N) is 4. The van der Waals surface area contributed by atoms with Crippen LogP contribution in [0.25, 0.3) is 66.9 Å². The first kappa shape index (κ1) is 24.6. The number of hydrogen-bond donors (Lipinski definition) is 0. The highest BCUT2D eigenvalue weighted by molar-refractivity contribution is 5.96. The van der Waals surface area contributed by atoms with Crippen molar-refractivity contribution in [3.8, 4) is 56.0 Å². The van der Waals surface area contributed by atoms with Crippen LogP contribution in [0.3, 0.4) is 0 Å². The summed E-state index contributed by atoms with van der Waals surface area (Å²) in [7, 11) is 0. The molecule has 0 amide bonds. The number of pyridine rings is 2. The van der Waals surface area contributed by atoms with E-state index in [4.69, 9.17) is 9.97 Å². The van der Waals surface area contributed by atoms with Gasteiger partial charge in [-0.2, -0.15) is 0 Å². The predicted octanol–water partition coefficient (Wildman–Crippen LogP) is 9.06. The molecule has 3 heterocycles. The molecule has 0 N–H and O–H groups in total. The second-order valence-electron chi connectivity index (χ2n) is 10.1. The van der Waals surface area contributed by atoms with E-state index in [0.717, 1.165) is 55.5 Å². The maximum absolute atomic E-state index is 5.22. The van der Waals surface area contributed by atoms with Crippen molar-refractivity contribution in [3.63, 3.8) is 0 Å². The van der Waals surface area contributed by atoms with Gasteiger partial charge in [0.15, 0.2) is 5.82 Å². The highest BCUT2D eigenvalue weighted by atomic mass is 14.9. The summed E-state index contributed by atoms with van der Waals surface area (Å²) in [5.74, 6) is 0.681. The first-order chi connectivity index (χ1) is 20.2. The number of benzene rings is 4. The lowest BCUT2D eigenvalue weighted by molar-refractivity contribution is 1.23. The third kappa shape index (κ3) is 4.99. The smallest absolute Gasteiger partial charge is 0.160 e. The number of aromatic nitrogens is 4. The Morgan fingerprint density at radius 1 is 0.439 bits per heavy atom. The molecule has 0 unspecified atom stereocenters. The van der Waals surface area contributed by atoms with Gasteiger partial charge in [-0.15, -0.1) is 0 Å². The Kier molecular flexibility index (Phi) is 6.34. The molecule has 7 aromatic rings. The van der Waals surface area contributed by atoms with Crippen LogP contribution in [0.1, 0.15) is 5.56 Å². The van der Waals surface area contributed by atoms with Gasteiger partial charge < -0.3 is 0 Å². The van der Waals surface area contributed by atoms with Crippen molar-refractivity contribution in [3.05, 3.63) is 146 Å². The summed E-state index contributed by atoms with van der Waals surface area (Å²) >= 11 is 0.